The van der Waals surface area contributed by atoms with E-state index in [0.29, 0.717) is 5.56 Å². The van der Waals surface area contributed by atoms with Crippen molar-refractivity contribution in [2.24, 2.45) is 0 Å². The lowest BCUT2D eigenvalue weighted by Crippen LogP contribution is -2.29. The van der Waals surface area contributed by atoms with Crippen molar-refractivity contribution < 1.29 is 18.7 Å². The van der Waals surface area contributed by atoms with Crippen LogP contribution in [0.5, 0.6) is 0 Å². The fourth-order valence-electron chi connectivity index (χ4n) is 1.94. The summed E-state index contributed by atoms with van der Waals surface area (Å²) < 4.78 is 23.2. The summed E-state index contributed by atoms with van der Waals surface area (Å²) in [7, 11) is 1.30. The number of rotatable bonds is 2. The smallest absolute Gasteiger partial charge is 0.341 e. The van der Waals surface area contributed by atoms with Crippen LogP contribution in [0.3, 0.4) is 0 Å². The van der Waals surface area contributed by atoms with Gasteiger partial charge >= 0.3 is 5.97 Å². The lowest BCUT2D eigenvalue weighted by molar-refractivity contribution is -0.146. The molecule has 2 rings (SSSR count). The first-order valence-electron chi connectivity index (χ1n) is 5.09. The molecule has 0 N–H and O–H groups in total. The fourth-order valence-corrected chi connectivity index (χ4v) is 2.12. The fraction of sp³-hybridized carbons (Fsp3) is 0.417. The van der Waals surface area contributed by atoms with E-state index in [1.807, 2.05) is 0 Å². The molecule has 1 aromatic rings. The Morgan fingerprint density at radius 3 is 2.65 bits per heavy atom. The average Bonchev–Trinajstić information content (AvgIpc) is 2.87. The maximum absolute atomic E-state index is 13.1. The van der Waals surface area contributed by atoms with Crippen molar-refractivity contribution in [1.29, 1.82) is 0 Å². The Morgan fingerprint density at radius 1 is 1.47 bits per heavy atom. The number of carbonyl (C=O) groups is 1. The second kappa shape index (κ2) is 3.68. The molecule has 1 aliphatic heterocycles. The van der Waals surface area contributed by atoms with E-state index in [1.165, 1.54) is 19.2 Å². The molecule has 1 fully saturated rings. The van der Waals surface area contributed by atoms with E-state index in [-0.39, 0.29) is 5.02 Å². The van der Waals surface area contributed by atoms with E-state index < -0.39 is 23.0 Å². The van der Waals surface area contributed by atoms with Crippen LogP contribution >= 0.6 is 11.6 Å². The van der Waals surface area contributed by atoms with E-state index in [4.69, 9.17) is 16.3 Å². The largest absolute Gasteiger partial charge is 0.467 e. The first-order chi connectivity index (χ1) is 7.85. The molecule has 0 aliphatic carbocycles. The van der Waals surface area contributed by atoms with E-state index in [2.05, 4.69) is 4.74 Å². The maximum Gasteiger partial charge on any atom is 0.341 e. The zero-order chi connectivity index (χ0) is 12.8. The molecule has 2 atom stereocenters. The summed E-state index contributed by atoms with van der Waals surface area (Å²) in [5, 5.41) is 0.00596. The van der Waals surface area contributed by atoms with Crippen molar-refractivity contribution in [2.45, 2.75) is 25.0 Å². The molecule has 2 unspecified atom stereocenters. The first kappa shape index (κ1) is 12.3. The Morgan fingerprint density at radius 2 is 2.12 bits per heavy atom. The summed E-state index contributed by atoms with van der Waals surface area (Å²) in [4.78, 5) is 11.6. The van der Waals surface area contributed by atoms with Gasteiger partial charge in [-0.05, 0) is 31.5 Å². The third kappa shape index (κ3) is 1.63. The average molecular weight is 259 g/mol. The number of carbonyl (C=O) groups excluding carboxylic acids is 1. The van der Waals surface area contributed by atoms with Crippen molar-refractivity contribution in [3.63, 3.8) is 0 Å². The van der Waals surface area contributed by atoms with Crippen LogP contribution in [0.2, 0.25) is 5.02 Å². The lowest BCUT2D eigenvalue weighted by atomic mass is 9.89. The number of methoxy groups -OCH3 is 1. The van der Waals surface area contributed by atoms with Crippen molar-refractivity contribution in [1.82, 2.24) is 0 Å². The highest BCUT2D eigenvalue weighted by molar-refractivity contribution is 6.30. The molecular formula is C12H12ClFO3. The number of esters is 1. The summed E-state index contributed by atoms with van der Waals surface area (Å²) >= 11 is 5.71. The molecular weight excluding hydrogens is 247 g/mol. The lowest BCUT2D eigenvalue weighted by Gasteiger charge is -2.11. The Labute approximate surface area is 103 Å². The summed E-state index contributed by atoms with van der Waals surface area (Å²) in [5.41, 5.74) is -1.21. The molecule has 3 nitrogen and oxygen atoms in total. The number of epoxide rings is 1. The molecule has 0 spiro atoms. The van der Waals surface area contributed by atoms with Crippen molar-refractivity contribution in [3.8, 4) is 0 Å². The van der Waals surface area contributed by atoms with Crippen LogP contribution in [0.25, 0.3) is 0 Å². The van der Waals surface area contributed by atoms with Crippen molar-refractivity contribution >= 4 is 17.6 Å². The van der Waals surface area contributed by atoms with E-state index in [0.717, 1.165) is 0 Å². The zero-order valence-electron chi connectivity index (χ0n) is 9.71. The first-order valence-corrected chi connectivity index (χ1v) is 5.47. The number of benzene rings is 1. The quantitative estimate of drug-likeness (QED) is 0.605. The standard InChI is InChI=1S/C12H12ClFO3/c1-11(12(2,17-11)10(15)16-3)7-4-5-9(14)8(13)6-7/h4-6H,1-3H3. The highest BCUT2D eigenvalue weighted by Crippen LogP contribution is 2.56. The van der Waals surface area contributed by atoms with Crippen LogP contribution in [0.15, 0.2) is 18.2 Å². The molecule has 0 amide bonds. The molecule has 0 radical (unpaired) electrons. The summed E-state index contributed by atoms with van der Waals surface area (Å²) in [6.45, 7) is 3.38. The Bertz CT molecular complexity index is 491. The van der Waals surface area contributed by atoms with Gasteiger partial charge in [0.05, 0.1) is 12.1 Å². The SMILES string of the molecule is COC(=O)C1(C)OC1(C)c1ccc(F)c(Cl)c1. The summed E-state index contributed by atoms with van der Waals surface area (Å²) in [6.07, 6.45) is 0. The van der Waals surface area contributed by atoms with Crippen molar-refractivity contribution in [2.75, 3.05) is 7.11 Å². The maximum atomic E-state index is 13.1. The second-order valence-corrected chi connectivity index (χ2v) is 4.70. The molecule has 92 valence electrons. The van der Waals surface area contributed by atoms with E-state index in [9.17, 15) is 9.18 Å². The molecule has 1 aromatic carbocycles. The van der Waals surface area contributed by atoms with Crippen LogP contribution < -0.4 is 0 Å². The zero-order valence-corrected chi connectivity index (χ0v) is 10.5. The monoisotopic (exact) mass is 258 g/mol. The van der Waals surface area contributed by atoms with Crippen LogP contribution in [-0.4, -0.2) is 18.7 Å². The molecule has 1 heterocycles. The Balaban J connectivity index is 2.36. The number of hydrogen-bond donors (Lipinski definition) is 0. The normalized spacial score (nSPS) is 31.1. The van der Waals surface area contributed by atoms with Gasteiger partial charge in [0.15, 0.2) is 5.60 Å². The van der Waals surface area contributed by atoms with Crippen molar-refractivity contribution in [3.05, 3.63) is 34.6 Å². The predicted octanol–water partition coefficient (Wildman–Crippen LogP) is 2.66. The topological polar surface area (TPSA) is 38.8 Å². The molecule has 0 aromatic heterocycles. The van der Waals surface area contributed by atoms with Gasteiger partial charge in [-0.15, -0.1) is 0 Å². The minimum atomic E-state index is -1.04. The minimum absolute atomic E-state index is 0.00596. The van der Waals surface area contributed by atoms with Gasteiger partial charge in [-0.3, -0.25) is 0 Å². The van der Waals surface area contributed by atoms with Gasteiger partial charge < -0.3 is 9.47 Å². The molecule has 1 aliphatic rings. The minimum Gasteiger partial charge on any atom is -0.467 e. The number of halogens is 2. The third-order valence-corrected chi connectivity index (χ3v) is 3.61. The van der Waals surface area contributed by atoms with E-state index >= 15 is 0 Å². The number of hydrogen-bond acceptors (Lipinski definition) is 3. The van der Waals surface area contributed by atoms with Crippen LogP contribution in [0, 0.1) is 5.82 Å². The molecule has 5 heteroatoms. The van der Waals surface area contributed by atoms with E-state index in [1.54, 1.807) is 19.9 Å². The van der Waals surface area contributed by atoms with Gasteiger partial charge in [0.25, 0.3) is 0 Å². The van der Waals surface area contributed by atoms with Gasteiger partial charge in [-0.25, -0.2) is 9.18 Å². The number of ether oxygens (including phenoxy) is 2. The van der Waals surface area contributed by atoms with Crippen LogP contribution in [-0.2, 0) is 19.9 Å². The van der Waals surface area contributed by atoms with Crippen LogP contribution in [0.1, 0.15) is 19.4 Å². The highest BCUT2D eigenvalue weighted by atomic mass is 35.5. The molecule has 0 bridgehead atoms. The molecule has 1 saturated heterocycles. The van der Waals surface area contributed by atoms with Gasteiger partial charge in [0.1, 0.15) is 11.4 Å². The summed E-state index contributed by atoms with van der Waals surface area (Å²) in [5.74, 6) is -0.958. The third-order valence-electron chi connectivity index (χ3n) is 3.32. The van der Waals surface area contributed by atoms with Gasteiger partial charge in [-0.2, -0.15) is 0 Å². The van der Waals surface area contributed by atoms with Gasteiger partial charge in [-0.1, -0.05) is 17.7 Å². The highest BCUT2D eigenvalue weighted by Gasteiger charge is 2.70. The Kier molecular flexibility index (Phi) is 2.67. The van der Waals surface area contributed by atoms with Crippen LogP contribution in [0.4, 0.5) is 4.39 Å². The predicted molar refractivity (Wildman–Crippen MR) is 60.3 cm³/mol. The van der Waals surface area contributed by atoms with Gasteiger partial charge in [0, 0.05) is 0 Å². The molecule has 0 saturated carbocycles. The molecule has 17 heavy (non-hydrogen) atoms. The second-order valence-electron chi connectivity index (χ2n) is 4.29. The summed E-state index contributed by atoms with van der Waals surface area (Å²) in [6, 6.07) is 4.27. The Hall–Kier alpha value is -1.13. The van der Waals surface area contributed by atoms with Gasteiger partial charge in [0.2, 0.25) is 0 Å².